The van der Waals surface area contributed by atoms with Crippen LogP contribution in [0.25, 0.3) is 0 Å². The summed E-state index contributed by atoms with van der Waals surface area (Å²) in [5, 5.41) is 16.7. The van der Waals surface area contributed by atoms with Gasteiger partial charge in [-0.2, -0.15) is 5.10 Å². The Morgan fingerprint density at radius 3 is 2.76 bits per heavy atom. The normalized spacial score (nSPS) is 21.6. The molecule has 21 heavy (non-hydrogen) atoms. The van der Waals surface area contributed by atoms with Crippen molar-refractivity contribution in [2.75, 3.05) is 31.6 Å². The van der Waals surface area contributed by atoms with Crippen LogP contribution in [0.2, 0.25) is 0 Å². The van der Waals surface area contributed by atoms with Gasteiger partial charge in [-0.1, -0.05) is 12.1 Å². The first-order chi connectivity index (χ1) is 9.99. The number of nitrogens with zero attached hydrogens (tertiary/aromatic N) is 5. The molecule has 7 heteroatoms. The van der Waals surface area contributed by atoms with E-state index in [1.54, 1.807) is 0 Å². The summed E-state index contributed by atoms with van der Waals surface area (Å²) >= 11 is 0. The predicted molar refractivity (Wildman–Crippen MR) is 84.0 cm³/mol. The molecule has 3 N–H and O–H groups in total. The molecule has 0 amide bonds. The lowest BCUT2D eigenvalue weighted by Crippen LogP contribution is -2.41. The van der Waals surface area contributed by atoms with Gasteiger partial charge in [-0.05, 0) is 33.4 Å². The fourth-order valence-electron chi connectivity index (χ4n) is 3.20. The number of oxime groups is 1. The molecule has 1 unspecified atom stereocenters. The molecule has 0 aromatic carbocycles. The van der Waals surface area contributed by atoms with Gasteiger partial charge in [-0.3, -0.25) is 4.68 Å². The molecule has 1 saturated heterocycles. The highest BCUT2D eigenvalue weighted by Gasteiger charge is 2.29. The van der Waals surface area contributed by atoms with Crippen molar-refractivity contribution in [1.29, 1.82) is 0 Å². The largest absolute Gasteiger partial charge is 0.409 e. The van der Waals surface area contributed by atoms with Crippen LogP contribution >= 0.6 is 0 Å². The second kappa shape index (κ2) is 6.34. The maximum absolute atomic E-state index is 9.06. The Morgan fingerprint density at radius 2 is 2.14 bits per heavy atom. The quantitative estimate of drug-likeness (QED) is 0.372. The van der Waals surface area contributed by atoms with Crippen molar-refractivity contribution < 1.29 is 5.21 Å². The van der Waals surface area contributed by atoms with Gasteiger partial charge in [0.15, 0.2) is 5.84 Å². The Kier molecular flexibility index (Phi) is 4.72. The summed E-state index contributed by atoms with van der Waals surface area (Å²) < 4.78 is 1.84. The van der Waals surface area contributed by atoms with Gasteiger partial charge in [0.05, 0.1) is 11.3 Å². The van der Waals surface area contributed by atoms with E-state index in [0.717, 1.165) is 49.6 Å². The third-order valence-corrected chi connectivity index (χ3v) is 4.20. The van der Waals surface area contributed by atoms with Crippen molar-refractivity contribution in [2.45, 2.75) is 32.7 Å². The van der Waals surface area contributed by atoms with Gasteiger partial charge in [0.1, 0.15) is 5.82 Å². The highest BCUT2D eigenvalue weighted by atomic mass is 16.4. The molecule has 2 rings (SSSR count). The third-order valence-electron chi connectivity index (χ3n) is 4.20. The van der Waals surface area contributed by atoms with Crippen LogP contribution in [0.1, 0.15) is 31.0 Å². The molecule has 1 aliphatic heterocycles. The van der Waals surface area contributed by atoms with Gasteiger partial charge < -0.3 is 20.7 Å². The van der Waals surface area contributed by atoms with Gasteiger partial charge in [0.2, 0.25) is 0 Å². The van der Waals surface area contributed by atoms with Crippen LogP contribution in [0, 0.1) is 6.92 Å². The predicted octanol–water partition coefficient (Wildman–Crippen LogP) is 0.744. The lowest BCUT2D eigenvalue weighted by Gasteiger charge is -2.32. The van der Waals surface area contributed by atoms with Crippen molar-refractivity contribution in [3.05, 3.63) is 11.3 Å². The van der Waals surface area contributed by atoms with E-state index in [9.17, 15) is 0 Å². The summed E-state index contributed by atoms with van der Waals surface area (Å²) in [5.41, 5.74) is 7.40. The zero-order valence-corrected chi connectivity index (χ0v) is 13.4. The lowest BCUT2D eigenvalue weighted by molar-refractivity contribution is 0.318. The molecule has 0 spiro atoms. The van der Waals surface area contributed by atoms with Crippen molar-refractivity contribution in [3.63, 3.8) is 0 Å². The lowest BCUT2D eigenvalue weighted by atomic mass is 10.1. The number of hydrogen-bond acceptors (Lipinski definition) is 5. The molecule has 2 heterocycles. The molecule has 0 aliphatic carbocycles. The monoisotopic (exact) mass is 294 g/mol. The molecule has 0 saturated carbocycles. The van der Waals surface area contributed by atoms with Crippen LogP contribution in [0.3, 0.4) is 0 Å². The summed E-state index contributed by atoms with van der Waals surface area (Å²) in [6.07, 6.45) is 2.14. The summed E-state index contributed by atoms with van der Waals surface area (Å²) in [6.45, 7) is 7.14. The minimum Gasteiger partial charge on any atom is -0.409 e. The van der Waals surface area contributed by atoms with Crippen LogP contribution in [0.5, 0.6) is 0 Å². The fourth-order valence-corrected chi connectivity index (χ4v) is 3.20. The Bertz CT molecular complexity index is 524. The molecule has 7 nitrogen and oxygen atoms in total. The van der Waals surface area contributed by atoms with Crippen LogP contribution in [0.15, 0.2) is 5.16 Å². The zero-order chi connectivity index (χ0) is 15.6. The SMILES string of the molecule is CCC1CN(C)CCCN1c1c(C(N)=NO)c(C)nn1C. The van der Waals surface area contributed by atoms with E-state index < -0.39 is 0 Å². The average molecular weight is 294 g/mol. The van der Waals surface area contributed by atoms with E-state index in [1.165, 1.54) is 0 Å². The maximum Gasteiger partial charge on any atom is 0.175 e. The Hall–Kier alpha value is -1.76. The average Bonchev–Trinajstić information content (AvgIpc) is 2.63. The van der Waals surface area contributed by atoms with Crippen molar-refractivity contribution in [1.82, 2.24) is 14.7 Å². The van der Waals surface area contributed by atoms with Crippen molar-refractivity contribution in [2.24, 2.45) is 17.9 Å². The van der Waals surface area contributed by atoms with E-state index >= 15 is 0 Å². The number of amidine groups is 1. The van der Waals surface area contributed by atoms with Gasteiger partial charge in [-0.15, -0.1) is 0 Å². The van der Waals surface area contributed by atoms with E-state index in [4.69, 9.17) is 10.9 Å². The molecular weight excluding hydrogens is 268 g/mol. The maximum atomic E-state index is 9.06. The second-order valence-electron chi connectivity index (χ2n) is 5.76. The Morgan fingerprint density at radius 1 is 1.43 bits per heavy atom. The summed E-state index contributed by atoms with van der Waals surface area (Å²) in [6, 6.07) is 0.401. The first kappa shape index (κ1) is 15.6. The molecule has 1 aliphatic rings. The van der Waals surface area contributed by atoms with Crippen LogP contribution in [-0.4, -0.2) is 58.4 Å². The van der Waals surface area contributed by atoms with Crippen LogP contribution in [-0.2, 0) is 7.05 Å². The summed E-state index contributed by atoms with van der Waals surface area (Å²) in [7, 11) is 4.07. The first-order valence-electron chi connectivity index (χ1n) is 7.46. The number of anilines is 1. The van der Waals surface area contributed by atoms with Gasteiger partial charge in [0, 0.05) is 26.2 Å². The second-order valence-corrected chi connectivity index (χ2v) is 5.76. The summed E-state index contributed by atoms with van der Waals surface area (Å²) in [4.78, 5) is 4.72. The van der Waals surface area contributed by atoms with Gasteiger partial charge in [0.25, 0.3) is 0 Å². The number of aromatic nitrogens is 2. The Labute approximate surface area is 126 Å². The molecule has 0 radical (unpaired) electrons. The molecule has 1 atom stereocenters. The van der Waals surface area contributed by atoms with E-state index in [1.807, 2.05) is 18.7 Å². The molecule has 1 fully saturated rings. The molecule has 118 valence electrons. The number of rotatable bonds is 3. The van der Waals surface area contributed by atoms with E-state index in [2.05, 4.69) is 34.0 Å². The number of hydrogen-bond donors (Lipinski definition) is 2. The molecular formula is C14H26N6O. The number of aryl methyl sites for hydroxylation is 2. The zero-order valence-electron chi connectivity index (χ0n) is 13.4. The fraction of sp³-hybridized carbons (Fsp3) is 0.714. The number of likely N-dealkylation sites (N-methyl/N-ethyl adjacent to an activating group) is 1. The number of nitrogens with two attached hydrogens (primary N) is 1. The van der Waals surface area contributed by atoms with Crippen molar-refractivity contribution in [3.8, 4) is 0 Å². The van der Waals surface area contributed by atoms with Crippen LogP contribution < -0.4 is 10.6 Å². The van der Waals surface area contributed by atoms with Gasteiger partial charge >= 0.3 is 0 Å². The standard InChI is InChI=1S/C14H26N6O/c1-5-11-9-18(3)7-6-8-20(11)14-12(13(15)17-21)10(2)16-19(14)4/h11,21H,5-9H2,1-4H3,(H2,15,17). The first-order valence-corrected chi connectivity index (χ1v) is 7.46. The van der Waals surface area contributed by atoms with Crippen molar-refractivity contribution >= 4 is 11.7 Å². The molecule has 1 aromatic heterocycles. The molecule has 0 bridgehead atoms. The van der Waals surface area contributed by atoms with Gasteiger partial charge in [-0.25, -0.2) is 0 Å². The van der Waals surface area contributed by atoms with E-state index in [-0.39, 0.29) is 5.84 Å². The minimum absolute atomic E-state index is 0.128. The highest BCUT2D eigenvalue weighted by molar-refractivity contribution is 6.02. The summed E-state index contributed by atoms with van der Waals surface area (Å²) in [5.74, 6) is 1.08. The van der Waals surface area contributed by atoms with E-state index in [0.29, 0.717) is 6.04 Å². The molecule has 1 aromatic rings. The minimum atomic E-state index is 0.128. The highest BCUT2D eigenvalue weighted by Crippen LogP contribution is 2.27. The topological polar surface area (TPSA) is 82.9 Å². The van der Waals surface area contributed by atoms with Crippen LogP contribution in [0.4, 0.5) is 5.82 Å². The Balaban J connectivity index is 2.48. The smallest absolute Gasteiger partial charge is 0.175 e. The third kappa shape index (κ3) is 2.97.